The Morgan fingerprint density at radius 2 is 1.42 bits per heavy atom. The number of urea groups is 1. The molecule has 0 radical (unpaired) electrons. The molecule has 13 heteroatoms. The van der Waals surface area contributed by atoms with E-state index >= 15 is 0 Å². The first-order valence-electron chi connectivity index (χ1n) is 14.9. The average Bonchev–Trinajstić information content (AvgIpc) is 3.57. The molecule has 248 valence electrons. The lowest BCUT2D eigenvalue weighted by Gasteiger charge is -2.32. The minimum atomic E-state index is -1.09. The van der Waals surface area contributed by atoms with Crippen molar-refractivity contribution in [3.8, 4) is 17.2 Å². The highest BCUT2D eigenvalue weighted by Crippen LogP contribution is 2.30. The molecule has 0 saturated carbocycles. The van der Waals surface area contributed by atoms with E-state index in [1.54, 1.807) is 47.4 Å². The molecular weight excluding hydrogens is 642 g/mol. The van der Waals surface area contributed by atoms with Crippen LogP contribution < -0.4 is 24.8 Å². The quantitative estimate of drug-likeness (QED) is 0.117. The molecule has 1 aliphatic heterocycles. The number of aromatic carboxylic acids is 2. The molecule has 4 aromatic rings. The third-order valence-electron chi connectivity index (χ3n) is 7.63. The molecule has 5 rings (SSSR count). The number of nitrogens with one attached hydrogen (secondary N) is 2. The number of carbonyl (C=O) groups excluding carboxylic acids is 2. The van der Waals surface area contributed by atoms with E-state index in [2.05, 4.69) is 10.6 Å². The summed E-state index contributed by atoms with van der Waals surface area (Å²) in [7, 11) is 1.46. The van der Waals surface area contributed by atoms with Crippen molar-refractivity contribution in [2.45, 2.75) is 31.7 Å². The first-order chi connectivity index (χ1) is 23.1. The molecule has 1 atom stereocenters. The van der Waals surface area contributed by atoms with E-state index in [4.69, 9.17) is 25.8 Å². The molecule has 0 spiro atoms. The van der Waals surface area contributed by atoms with E-state index in [-0.39, 0.29) is 23.3 Å². The van der Waals surface area contributed by atoms with Gasteiger partial charge in [0, 0.05) is 13.0 Å². The number of amides is 2. The number of rotatable bonds is 13. The number of likely N-dealkylation sites (tertiary alicyclic amines) is 1. The number of benzene rings is 4. The molecule has 2 amide bonds. The maximum atomic E-state index is 13.8. The van der Waals surface area contributed by atoms with Gasteiger partial charge in [0.2, 0.25) is 0 Å². The Balaban J connectivity index is 1.31. The van der Waals surface area contributed by atoms with Crippen LogP contribution in [-0.2, 0) is 11.2 Å². The fraction of sp³-hybridized carbons (Fsp3) is 0.200. The Morgan fingerprint density at radius 3 is 1.98 bits per heavy atom. The lowest BCUT2D eigenvalue weighted by atomic mass is 10.0. The second-order valence-electron chi connectivity index (χ2n) is 10.8. The summed E-state index contributed by atoms with van der Waals surface area (Å²) < 4.78 is 17.8. The van der Waals surface area contributed by atoms with Crippen LogP contribution in [0.3, 0.4) is 0 Å². The molecule has 1 heterocycles. The van der Waals surface area contributed by atoms with E-state index in [1.807, 2.05) is 0 Å². The fourth-order valence-corrected chi connectivity index (χ4v) is 5.42. The largest absolute Gasteiger partial charge is 0.495 e. The third kappa shape index (κ3) is 8.41. The van der Waals surface area contributed by atoms with Gasteiger partial charge in [0.1, 0.15) is 17.2 Å². The number of anilines is 2. The molecule has 4 aromatic carbocycles. The Kier molecular flexibility index (Phi) is 10.8. The highest BCUT2D eigenvalue weighted by Gasteiger charge is 2.38. The fourth-order valence-electron chi connectivity index (χ4n) is 5.24. The first-order valence-corrected chi connectivity index (χ1v) is 15.3. The smallest absolute Gasteiger partial charge is 0.335 e. The summed E-state index contributed by atoms with van der Waals surface area (Å²) in [6.07, 6.45) is 0.182. The van der Waals surface area contributed by atoms with Crippen molar-refractivity contribution < 1.29 is 43.6 Å². The zero-order chi connectivity index (χ0) is 34.2. The number of ether oxygens (including phenoxy) is 3. The van der Waals surface area contributed by atoms with E-state index in [9.17, 15) is 29.4 Å². The summed E-state index contributed by atoms with van der Waals surface area (Å²) in [5.41, 5.74) is 1.66. The average molecular weight is 674 g/mol. The van der Waals surface area contributed by atoms with E-state index < -0.39 is 30.4 Å². The standard InChI is InChI=1S/C35H32ClN3O9/c1-46-31-20-21(8-17-28(31)38-34(45)37-27-6-3-2-5-26(27)36)19-30(40)29-7-4-18-39(29)35(47-24-13-9-22(10-14-24)32(41)42)48-25-15-11-23(12-16-25)33(43)44/h2-3,5-6,8-17,20,29,35H,4,7,18-19H2,1H3,(H,41,42)(H,43,44)(H2,37,38,45)/t29-/m0/s1. The number of Topliss-reactive ketones (excluding diaryl/α,β-unsaturated/α-hetero) is 1. The van der Waals surface area contributed by atoms with E-state index in [1.165, 1.54) is 55.6 Å². The van der Waals surface area contributed by atoms with Crippen LogP contribution in [-0.4, -0.2) is 65.0 Å². The summed E-state index contributed by atoms with van der Waals surface area (Å²) >= 11 is 6.14. The molecule has 1 fully saturated rings. The molecule has 0 bridgehead atoms. The molecule has 1 aliphatic rings. The van der Waals surface area contributed by atoms with E-state index in [0.29, 0.717) is 58.6 Å². The van der Waals surface area contributed by atoms with Crippen LogP contribution in [0.1, 0.15) is 39.1 Å². The van der Waals surface area contributed by atoms with Crippen LogP contribution in [0.2, 0.25) is 5.02 Å². The van der Waals surface area contributed by atoms with Crippen LogP contribution >= 0.6 is 11.6 Å². The summed E-state index contributed by atoms with van der Waals surface area (Å²) in [6, 6.07) is 22.4. The number of halogens is 1. The van der Waals surface area contributed by atoms with Crippen molar-refractivity contribution in [1.82, 2.24) is 4.90 Å². The summed E-state index contributed by atoms with van der Waals surface area (Å²) in [6.45, 7) is 0.466. The van der Waals surface area contributed by atoms with Gasteiger partial charge in [0.15, 0.2) is 5.78 Å². The molecule has 0 aliphatic carbocycles. The second-order valence-corrected chi connectivity index (χ2v) is 11.2. The van der Waals surface area contributed by atoms with Gasteiger partial charge in [-0.1, -0.05) is 29.8 Å². The maximum absolute atomic E-state index is 13.8. The van der Waals surface area contributed by atoms with Gasteiger partial charge in [0.25, 0.3) is 0 Å². The number of ketones is 1. The van der Waals surface area contributed by atoms with Gasteiger partial charge in [-0.3, -0.25) is 4.79 Å². The van der Waals surface area contributed by atoms with Crippen molar-refractivity contribution >= 4 is 46.7 Å². The Morgan fingerprint density at radius 1 is 0.833 bits per heavy atom. The number of hydrogen-bond donors (Lipinski definition) is 4. The van der Waals surface area contributed by atoms with Gasteiger partial charge in [-0.2, -0.15) is 0 Å². The van der Waals surface area contributed by atoms with Gasteiger partial charge in [-0.05, 0) is 91.2 Å². The Hall–Kier alpha value is -5.59. The van der Waals surface area contributed by atoms with Crippen molar-refractivity contribution in [2.24, 2.45) is 0 Å². The SMILES string of the molecule is COc1cc(CC(=O)[C@@H]2CCCN2C(Oc2ccc(C(=O)O)cc2)Oc2ccc(C(=O)O)cc2)ccc1NC(=O)Nc1ccccc1Cl. The molecule has 4 N–H and O–H groups in total. The third-order valence-corrected chi connectivity index (χ3v) is 7.96. The van der Waals surface area contributed by atoms with Gasteiger partial charge in [0.05, 0.1) is 40.7 Å². The van der Waals surface area contributed by atoms with Gasteiger partial charge >= 0.3 is 24.4 Å². The number of carbonyl (C=O) groups is 4. The summed E-state index contributed by atoms with van der Waals surface area (Å²) in [4.78, 5) is 50.8. The predicted molar refractivity (Wildman–Crippen MR) is 177 cm³/mol. The number of methoxy groups -OCH3 is 1. The zero-order valence-corrected chi connectivity index (χ0v) is 26.5. The topological polar surface area (TPSA) is 164 Å². The predicted octanol–water partition coefficient (Wildman–Crippen LogP) is 6.41. The van der Waals surface area contributed by atoms with E-state index in [0.717, 1.165) is 0 Å². The number of carboxylic acid groups (broad SMARTS) is 2. The lowest BCUT2D eigenvalue weighted by molar-refractivity contribution is -0.143. The van der Waals surface area contributed by atoms with Crippen LogP contribution in [0.25, 0.3) is 0 Å². The van der Waals surface area contributed by atoms with Crippen LogP contribution in [0.15, 0.2) is 91.0 Å². The summed E-state index contributed by atoms with van der Waals surface area (Å²) in [5.74, 6) is -1.28. The molecule has 12 nitrogen and oxygen atoms in total. The molecule has 48 heavy (non-hydrogen) atoms. The van der Waals surface area contributed by atoms with Crippen molar-refractivity contribution in [2.75, 3.05) is 24.3 Å². The maximum Gasteiger partial charge on any atom is 0.335 e. The lowest BCUT2D eigenvalue weighted by Crippen LogP contribution is -2.49. The minimum Gasteiger partial charge on any atom is -0.495 e. The van der Waals surface area contributed by atoms with Crippen LogP contribution in [0.5, 0.6) is 17.2 Å². The first kappa shape index (κ1) is 33.8. The van der Waals surface area contributed by atoms with Crippen LogP contribution in [0.4, 0.5) is 16.2 Å². The summed E-state index contributed by atoms with van der Waals surface area (Å²) in [5, 5.41) is 24.3. The van der Waals surface area contributed by atoms with Gasteiger partial charge < -0.3 is 35.1 Å². The molecule has 0 unspecified atom stereocenters. The van der Waals surface area contributed by atoms with Gasteiger partial charge in [-0.15, -0.1) is 0 Å². The normalized spacial score (nSPS) is 14.3. The highest BCUT2D eigenvalue weighted by molar-refractivity contribution is 6.33. The van der Waals surface area contributed by atoms with Crippen molar-refractivity contribution in [1.29, 1.82) is 0 Å². The number of para-hydroxylation sites is 1. The molecular formula is C35H32ClN3O9. The number of hydrogen-bond acceptors (Lipinski definition) is 8. The highest BCUT2D eigenvalue weighted by atomic mass is 35.5. The zero-order valence-electron chi connectivity index (χ0n) is 25.7. The molecule has 0 aromatic heterocycles. The molecule has 1 saturated heterocycles. The Labute approximate surface area is 280 Å². The van der Waals surface area contributed by atoms with Crippen molar-refractivity contribution in [3.63, 3.8) is 0 Å². The minimum absolute atomic E-state index is 0.0525. The van der Waals surface area contributed by atoms with Gasteiger partial charge in [-0.25, -0.2) is 19.3 Å². The monoisotopic (exact) mass is 673 g/mol. The number of nitrogens with zero attached hydrogens (tertiary/aromatic N) is 1. The number of carboxylic acids is 2. The van der Waals surface area contributed by atoms with Crippen LogP contribution in [0, 0.1) is 0 Å². The Bertz CT molecular complexity index is 1740. The van der Waals surface area contributed by atoms with Crippen molar-refractivity contribution in [3.05, 3.63) is 113 Å². The second kappa shape index (κ2) is 15.3.